The molecule has 0 aliphatic heterocycles. The quantitative estimate of drug-likeness (QED) is 0.697. The van der Waals surface area contributed by atoms with Crippen molar-refractivity contribution in [1.29, 1.82) is 0 Å². The number of unbranched alkanes of at least 4 members (excludes halogenated alkanes) is 1. The summed E-state index contributed by atoms with van der Waals surface area (Å²) in [6.07, 6.45) is 3.67. The summed E-state index contributed by atoms with van der Waals surface area (Å²) in [7, 11) is 0. The first-order valence-electron chi connectivity index (χ1n) is 7.62. The van der Waals surface area contributed by atoms with Gasteiger partial charge in [-0.25, -0.2) is 0 Å². The number of hydrogen-bond donors (Lipinski definition) is 0. The number of rotatable bonds is 7. The van der Waals surface area contributed by atoms with E-state index >= 15 is 0 Å². The molecular formula is C18H23BO. The molecule has 0 heterocycles. The molecular weight excluding hydrogens is 243 g/mol. The number of benzene rings is 2. The highest BCUT2D eigenvalue weighted by Crippen LogP contribution is 2.10. The Hall–Kier alpha value is -1.70. The zero-order valence-electron chi connectivity index (χ0n) is 12.5. The molecule has 2 aromatic rings. The van der Waals surface area contributed by atoms with Crippen LogP contribution in [0.15, 0.2) is 54.6 Å². The average Bonchev–Trinajstić information content (AvgIpc) is 2.50. The second-order valence-electron chi connectivity index (χ2n) is 5.11. The second kappa shape index (κ2) is 7.79. The molecule has 0 saturated heterocycles. The fourth-order valence-electron chi connectivity index (χ4n) is 2.61. The minimum Gasteiger partial charge on any atom is -0.494 e. The van der Waals surface area contributed by atoms with Crippen LogP contribution in [0.4, 0.5) is 0 Å². The lowest BCUT2D eigenvalue weighted by Gasteiger charge is -2.15. The van der Waals surface area contributed by atoms with Crippen molar-refractivity contribution in [1.82, 2.24) is 0 Å². The maximum absolute atomic E-state index is 5.64. The van der Waals surface area contributed by atoms with E-state index in [9.17, 15) is 0 Å². The van der Waals surface area contributed by atoms with Gasteiger partial charge in [-0.15, -0.1) is 0 Å². The van der Waals surface area contributed by atoms with E-state index in [0.717, 1.165) is 5.75 Å². The van der Waals surface area contributed by atoms with Crippen molar-refractivity contribution in [3.63, 3.8) is 0 Å². The van der Waals surface area contributed by atoms with Gasteiger partial charge in [0.2, 0.25) is 6.71 Å². The van der Waals surface area contributed by atoms with Crippen LogP contribution in [0.2, 0.25) is 6.32 Å². The molecule has 0 N–H and O–H groups in total. The summed E-state index contributed by atoms with van der Waals surface area (Å²) in [6.45, 7) is 5.46. The monoisotopic (exact) mass is 266 g/mol. The molecule has 0 aliphatic carbocycles. The van der Waals surface area contributed by atoms with Crippen molar-refractivity contribution < 1.29 is 4.74 Å². The molecule has 0 saturated carbocycles. The van der Waals surface area contributed by atoms with Crippen molar-refractivity contribution in [2.24, 2.45) is 0 Å². The van der Waals surface area contributed by atoms with E-state index in [1.54, 1.807) is 0 Å². The van der Waals surface area contributed by atoms with Crippen LogP contribution >= 0.6 is 0 Å². The summed E-state index contributed by atoms with van der Waals surface area (Å²) >= 11 is 0. The molecule has 0 radical (unpaired) electrons. The van der Waals surface area contributed by atoms with E-state index in [1.807, 2.05) is 13.0 Å². The van der Waals surface area contributed by atoms with Gasteiger partial charge in [-0.3, -0.25) is 0 Å². The van der Waals surface area contributed by atoms with Crippen LogP contribution in [0.5, 0.6) is 5.75 Å². The topological polar surface area (TPSA) is 9.23 Å². The lowest BCUT2D eigenvalue weighted by atomic mass is 9.38. The Morgan fingerprint density at radius 1 is 0.900 bits per heavy atom. The minimum atomic E-state index is 0.469. The lowest BCUT2D eigenvalue weighted by molar-refractivity contribution is 0.340. The van der Waals surface area contributed by atoms with Crippen LogP contribution in [0.3, 0.4) is 0 Å². The third-order valence-corrected chi connectivity index (χ3v) is 3.62. The highest BCUT2D eigenvalue weighted by Gasteiger charge is 2.18. The second-order valence-corrected chi connectivity index (χ2v) is 5.11. The van der Waals surface area contributed by atoms with Crippen LogP contribution in [0, 0.1) is 0 Å². The Labute approximate surface area is 123 Å². The maximum Gasteiger partial charge on any atom is 0.209 e. The van der Waals surface area contributed by atoms with Gasteiger partial charge in [0, 0.05) is 0 Å². The Balaban J connectivity index is 2.28. The van der Waals surface area contributed by atoms with Gasteiger partial charge >= 0.3 is 0 Å². The van der Waals surface area contributed by atoms with Crippen LogP contribution in [0.25, 0.3) is 0 Å². The van der Waals surface area contributed by atoms with Gasteiger partial charge < -0.3 is 4.74 Å². The fraction of sp³-hybridized carbons (Fsp3) is 0.333. The van der Waals surface area contributed by atoms with Gasteiger partial charge in [0.25, 0.3) is 0 Å². The minimum absolute atomic E-state index is 0.469. The van der Waals surface area contributed by atoms with E-state index in [0.29, 0.717) is 13.3 Å². The third kappa shape index (κ3) is 3.90. The first-order valence-corrected chi connectivity index (χ1v) is 7.62. The van der Waals surface area contributed by atoms with Gasteiger partial charge in [0.15, 0.2) is 0 Å². The van der Waals surface area contributed by atoms with Crippen LogP contribution < -0.4 is 15.7 Å². The van der Waals surface area contributed by atoms with E-state index in [2.05, 4.69) is 55.5 Å². The molecule has 2 heteroatoms. The molecule has 0 spiro atoms. The summed E-state index contributed by atoms with van der Waals surface area (Å²) in [5.74, 6) is 0.974. The molecule has 0 bridgehead atoms. The van der Waals surface area contributed by atoms with Crippen LogP contribution in [-0.2, 0) is 0 Å². The van der Waals surface area contributed by atoms with Crippen LogP contribution in [-0.4, -0.2) is 13.3 Å². The van der Waals surface area contributed by atoms with Gasteiger partial charge in [-0.05, 0) is 19.1 Å². The highest BCUT2D eigenvalue weighted by molar-refractivity contribution is 6.85. The third-order valence-electron chi connectivity index (χ3n) is 3.62. The molecule has 0 atom stereocenters. The molecule has 0 unspecified atom stereocenters. The van der Waals surface area contributed by atoms with Gasteiger partial charge in [0.05, 0.1) is 6.61 Å². The summed E-state index contributed by atoms with van der Waals surface area (Å²) < 4.78 is 5.64. The lowest BCUT2D eigenvalue weighted by Crippen LogP contribution is -2.41. The largest absolute Gasteiger partial charge is 0.494 e. The predicted molar refractivity (Wildman–Crippen MR) is 88.8 cm³/mol. The van der Waals surface area contributed by atoms with E-state index in [-0.39, 0.29) is 0 Å². The van der Waals surface area contributed by atoms with E-state index < -0.39 is 0 Å². The molecule has 20 heavy (non-hydrogen) atoms. The average molecular weight is 266 g/mol. The molecule has 0 fully saturated rings. The zero-order chi connectivity index (χ0) is 14.2. The smallest absolute Gasteiger partial charge is 0.209 e. The van der Waals surface area contributed by atoms with Gasteiger partial charge in [0.1, 0.15) is 5.75 Å². The fourth-order valence-corrected chi connectivity index (χ4v) is 2.61. The van der Waals surface area contributed by atoms with Gasteiger partial charge in [-0.1, -0.05) is 79.5 Å². The van der Waals surface area contributed by atoms with Crippen molar-refractivity contribution in [3.8, 4) is 5.75 Å². The molecule has 0 amide bonds. The Kier molecular flexibility index (Phi) is 5.73. The summed E-state index contributed by atoms with van der Waals surface area (Å²) in [5, 5.41) is 0. The summed E-state index contributed by atoms with van der Waals surface area (Å²) in [4.78, 5) is 0. The molecule has 2 rings (SSSR count). The number of ether oxygens (including phenoxy) is 1. The maximum atomic E-state index is 5.64. The normalized spacial score (nSPS) is 10.3. The Morgan fingerprint density at radius 2 is 1.65 bits per heavy atom. The van der Waals surface area contributed by atoms with Crippen LogP contribution in [0.1, 0.15) is 26.7 Å². The van der Waals surface area contributed by atoms with E-state index in [1.165, 1.54) is 30.1 Å². The summed E-state index contributed by atoms with van der Waals surface area (Å²) in [6, 6.07) is 19.3. The van der Waals surface area contributed by atoms with Crippen molar-refractivity contribution in [2.45, 2.75) is 33.0 Å². The van der Waals surface area contributed by atoms with Crippen molar-refractivity contribution in [3.05, 3.63) is 54.6 Å². The van der Waals surface area contributed by atoms with E-state index in [4.69, 9.17) is 4.74 Å². The first-order chi connectivity index (χ1) is 9.85. The molecule has 0 aliphatic rings. The molecule has 104 valence electrons. The molecule has 2 aromatic carbocycles. The zero-order valence-corrected chi connectivity index (χ0v) is 12.5. The Bertz CT molecular complexity index is 510. The van der Waals surface area contributed by atoms with Crippen molar-refractivity contribution in [2.75, 3.05) is 6.61 Å². The summed E-state index contributed by atoms with van der Waals surface area (Å²) in [5.41, 5.74) is 2.75. The molecule has 0 aromatic heterocycles. The molecule has 1 nitrogen and oxygen atoms in total. The standard InChI is InChI=1S/C18H23BO/c1-3-5-14-19(16-10-7-6-8-11-16)17-12-9-13-18(15-17)20-4-2/h6-13,15H,3-5,14H2,1-2H3. The van der Waals surface area contributed by atoms with Crippen molar-refractivity contribution >= 4 is 17.6 Å². The first kappa shape index (κ1) is 14.7. The number of hydrogen-bond acceptors (Lipinski definition) is 1. The highest BCUT2D eigenvalue weighted by atomic mass is 16.5. The Morgan fingerprint density at radius 3 is 2.35 bits per heavy atom. The van der Waals surface area contributed by atoms with Gasteiger partial charge in [-0.2, -0.15) is 0 Å². The SMILES string of the molecule is CCCCB(c1ccccc1)c1cccc(OCC)c1. The predicted octanol–water partition coefficient (Wildman–Crippen LogP) is 3.49.